The number of allylic oxidation sites excluding steroid dienone is 2. The lowest BCUT2D eigenvalue weighted by atomic mass is 9.93. The van der Waals surface area contributed by atoms with Crippen LogP contribution in [0.2, 0.25) is 0 Å². The van der Waals surface area contributed by atoms with Crippen molar-refractivity contribution in [2.45, 2.75) is 19.4 Å². The maximum atomic E-state index is 11.1. The van der Waals surface area contributed by atoms with Crippen molar-refractivity contribution in [2.24, 2.45) is 17.8 Å². The highest BCUT2D eigenvalue weighted by Crippen LogP contribution is 2.43. The van der Waals surface area contributed by atoms with Gasteiger partial charge in [0.2, 0.25) is 0 Å². The van der Waals surface area contributed by atoms with Gasteiger partial charge in [0.25, 0.3) is 5.69 Å². The molecule has 0 aromatic heterocycles. The molecule has 5 heteroatoms. The van der Waals surface area contributed by atoms with Crippen LogP contribution in [0.5, 0.6) is 0 Å². The number of piperazine rings is 1. The number of hydrogen-bond donors (Lipinski definition) is 0. The lowest BCUT2D eigenvalue weighted by Crippen LogP contribution is -2.47. The molecule has 3 atom stereocenters. The van der Waals surface area contributed by atoms with Crippen molar-refractivity contribution in [3.8, 4) is 0 Å². The van der Waals surface area contributed by atoms with Crippen LogP contribution in [0.4, 0.5) is 5.69 Å². The van der Waals surface area contributed by atoms with Gasteiger partial charge in [-0.1, -0.05) is 30.4 Å². The Balaban J connectivity index is 1.29. The van der Waals surface area contributed by atoms with Crippen LogP contribution >= 0.6 is 0 Å². The summed E-state index contributed by atoms with van der Waals surface area (Å²) in [7, 11) is 0. The molecule has 1 heterocycles. The fraction of sp³-hybridized carbons (Fsp3) is 0.579. The molecule has 1 aliphatic heterocycles. The summed E-state index contributed by atoms with van der Waals surface area (Å²) >= 11 is 0. The minimum atomic E-state index is -0.270. The topological polar surface area (TPSA) is 49.6 Å². The maximum absolute atomic E-state index is 11.1. The predicted molar refractivity (Wildman–Crippen MR) is 93.7 cm³/mol. The number of nitro groups is 1. The van der Waals surface area contributed by atoms with Crippen LogP contribution in [0.25, 0.3) is 0 Å². The van der Waals surface area contributed by atoms with E-state index in [2.05, 4.69) is 22.0 Å². The molecule has 2 aliphatic carbocycles. The number of nitrogens with zero attached hydrogens (tertiary/aromatic N) is 3. The molecule has 5 nitrogen and oxygen atoms in total. The van der Waals surface area contributed by atoms with Gasteiger partial charge in [0.1, 0.15) is 0 Å². The molecule has 1 saturated carbocycles. The van der Waals surface area contributed by atoms with Gasteiger partial charge in [0, 0.05) is 50.9 Å². The van der Waals surface area contributed by atoms with E-state index in [1.54, 1.807) is 12.1 Å². The molecule has 128 valence electrons. The summed E-state index contributed by atoms with van der Waals surface area (Å²) in [6.07, 6.45) is 7.59. The van der Waals surface area contributed by atoms with E-state index >= 15 is 0 Å². The standard InChI is InChI=1S/C19H25N3O2/c23-22(24)19-4-2-1-3-17(19)13-20-7-9-21(10-8-20)14-18-12-15-5-6-16(18)11-15/h1-6,15-16,18H,7-14H2/t15-,16+,18+/m0/s1. The first-order valence-electron chi connectivity index (χ1n) is 9.04. The number of hydrogen-bond acceptors (Lipinski definition) is 4. The number of nitro benzene ring substituents is 1. The van der Waals surface area contributed by atoms with E-state index in [9.17, 15) is 10.1 Å². The number of rotatable bonds is 5. The monoisotopic (exact) mass is 327 g/mol. The van der Waals surface area contributed by atoms with Crippen molar-refractivity contribution in [1.29, 1.82) is 0 Å². The molecule has 0 amide bonds. The third kappa shape index (κ3) is 3.23. The number of para-hydroxylation sites is 1. The largest absolute Gasteiger partial charge is 0.300 e. The molecule has 0 N–H and O–H groups in total. The molecule has 1 aromatic rings. The Morgan fingerprint density at radius 2 is 1.79 bits per heavy atom. The van der Waals surface area contributed by atoms with Crippen LogP contribution in [0.3, 0.4) is 0 Å². The van der Waals surface area contributed by atoms with E-state index in [0.717, 1.165) is 49.5 Å². The number of benzene rings is 1. The van der Waals surface area contributed by atoms with Crippen LogP contribution < -0.4 is 0 Å². The second-order valence-electron chi connectivity index (χ2n) is 7.50. The van der Waals surface area contributed by atoms with E-state index < -0.39 is 0 Å². The molecule has 0 spiro atoms. The normalized spacial score (nSPS) is 30.1. The summed E-state index contributed by atoms with van der Waals surface area (Å²) in [5, 5.41) is 11.1. The zero-order chi connectivity index (χ0) is 16.5. The van der Waals surface area contributed by atoms with Crippen molar-refractivity contribution in [2.75, 3.05) is 32.7 Å². The molecule has 0 unspecified atom stereocenters. The second-order valence-corrected chi connectivity index (χ2v) is 7.50. The van der Waals surface area contributed by atoms with Crippen molar-refractivity contribution in [3.63, 3.8) is 0 Å². The van der Waals surface area contributed by atoms with Crippen LogP contribution in [0.15, 0.2) is 36.4 Å². The third-order valence-corrected chi connectivity index (χ3v) is 5.96. The molecule has 0 radical (unpaired) electrons. The highest BCUT2D eigenvalue weighted by Gasteiger charge is 2.36. The Kier molecular flexibility index (Phi) is 4.37. The van der Waals surface area contributed by atoms with Gasteiger partial charge < -0.3 is 4.90 Å². The van der Waals surface area contributed by atoms with E-state index in [1.807, 2.05) is 12.1 Å². The first-order valence-corrected chi connectivity index (χ1v) is 9.04. The van der Waals surface area contributed by atoms with Gasteiger partial charge in [-0.25, -0.2) is 0 Å². The van der Waals surface area contributed by atoms with E-state index in [0.29, 0.717) is 6.54 Å². The summed E-state index contributed by atoms with van der Waals surface area (Å²) in [5.74, 6) is 2.52. The Hall–Kier alpha value is -1.72. The molecule has 1 aromatic carbocycles. The third-order valence-electron chi connectivity index (χ3n) is 5.96. The zero-order valence-corrected chi connectivity index (χ0v) is 14.0. The molecule has 3 aliphatic rings. The Bertz CT molecular complexity index is 637. The molecular formula is C19H25N3O2. The van der Waals surface area contributed by atoms with E-state index in [4.69, 9.17) is 0 Å². The molecule has 2 fully saturated rings. The van der Waals surface area contributed by atoms with Gasteiger partial charge in [0.15, 0.2) is 0 Å². The Labute approximate surface area is 143 Å². The second kappa shape index (κ2) is 6.65. The van der Waals surface area contributed by atoms with Gasteiger partial charge in [0.05, 0.1) is 4.92 Å². The van der Waals surface area contributed by atoms with Crippen molar-refractivity contribution >= 4 is 5.69 Å². The first-order chi connectivity index (χ1) is 11.7. The Morgan fingerprint density at radius 3 is 2.46 bits per heavy atom. The molecular weight excluding hydrogens is 302 g/mol. The summed E-state index contributed by atoms with van der Waals surface area (Å²) in [6, 6.07) is 7.12. The quantitative estimate of drug-likeness (QED) is 0.474. The maximum Gasteiger partial charge on any atom is 0.273 e. The van der Waals surface area contributed by atoms with Crippen LogP contribution in [0, 0.1) is 27.9 Å². The first kappa shape index (κ1) is 15.8. The van der Waals surface area contributed by atoms with Crippen molar-refractivity contribution in [1.82, 2.24) is 9.80 Å². The fourth-order valence-corrected chi connectivity index (χ4v) is 4.63. The van der Waals surface area contributed by atoms with Crippen molar-refractivity contribution < 1.29 is 4.92 Å². The van der Waals surface area contributed by atoms with Gasteiger partial charge in [-0.3, -0.25) is 15.0 Å². The van der Waals surface area contributed by atoms with Gasteiger partial charge in [-0.15, -0.1) is 0 Å². The van der Waals surface area contributed by atoms with Crippen LogP contribution in [-0.2, 0) is 6.54 Å². The summed E-state index contributed by atoms with van der Waals surface area (Å²) in [5.41, 5.74) is 1.07. The van der Waals surface area contributed by atoms with E-state index in [1.165, 1.54) is 19.4 Å². The van der Waals surface area contributed by atoms with Crippen LogP contribution in [-0.4, -0.2) is 47.4 Å². The van der Waals surface area contributed by atoms with Gasteiger partial charge in [-0.2, -0.15) is 0 Å². The zero-order valence-electron chi connectivity index (χ0n) is 14.0. The highest BCUT2D eigenvalue weighted by atomic mass is 16.6. The average Bonchev–Trinajstić information content (AvgIpc) is 3.20. The van der Waals surface area contributed by atoms with Gasteiger partial charge >= 0.3 is 0 Å². The molecule has 24 heavy (non-hydrogen) atoms. The lowest BCUT2D eigenvalue weighted by molar-refractivity contribution is -0.385. The highest BCUT2D eigenvalue weighted by molar-refractivity contribution is 5.39. The summed E-state index contributed by atoms with van der Waals surface area (Å²) in [4.78, 5) is 15.8. The minimum absolute atomic E-state index is 0.244. The molecule has 2 bridgehead atoms. The smallest absolute Gasteiger partial charge is 0.273 e. The molecule has 4 rings (SSSR count). The summed E-state index contributed by atoms with van der Waals surface area (Å²) in [6.45, 7) is 6.08. The predicted octanol–water partition coefficient (Wildman–Crippen LogP) is 2.92. The Morgan fingerprint density at radius 1 is 1.04 bits per heavy atom. The van der Waals surface area contributed by atoms with Gasteiger partial charge in [-0.05, 0) is 30.6 Å². The SMILES string of the molecule is O=[N+]([O-])c1ccccc1CN1CCN(C[C@H]2C[C@H]3C=C[C@@H]2C3)CC1. The van der Waals surface area contributed by atoms with Crippen LogP contribution in [0.1, 0.15) is 18.4 Å². The minimum Gasteiger partial charge on any atom is -0.300 e. The summed E-state index contributed by atoms with van der Waals surface area (Å²) < 4.78 is 0. The fourth-order valence-electron chi connectivity index (χ4n) is 4.63. The molecule has 1 saturated heterocycles. The average molecular weight is 327 g/mol. The lowest BCUT2D eigenvalue weighted by Gasteiger charge is -2.36. The van der Waals surface area contributed by atoms with E-state index in [-0.39, 0.29) is 10.6 Å². The number of fused-ring (bicyclic) bond motifs is 2. The van der Waals surface area contributed by atoms with Crippen molar-refractivity contribution in [3.05, 3.63) is 52.1 Å².